The Morgan fingerprint density at radius 2 is 1.93 bits per heavy atom. The highest BCUT2D eigenvalue weighted by Gasteiger charge is 2.34. The largest absolute Gasteiger partial charge is 0.361 e. The highest BCUT2D eigenvalue weighted by molar-refractivity contribution is 5.85. The molecule has 0 spiro atoms. The summed E-state index contributed by atoms with van der Waals surface area (Å²) in [5.41, 5.74) is 1.94. The molecule has 1 amide bonds. The van der Waals surface area contributed by atoms with Gasteiger partial charge in [0.1, 0.15) is 11.5 Å². The Bertz CT molecular complexity index is 752. The molecule has 6 heteroatoms. The van der Waals surface area contributed by atoms with Crippen molar-refractivity contribution in [1.29, 1.82) is 0 Å². The summed E-state index contributed by atoms with van der Waals surface area (Å²) in [6, 6.07) is 13.3. The number of fused-ring (bicyclic) bond motifs is 2. The van der Waals surface area contributed by atoms with Crippen LogP contribution in [-0.2, 0) is 11.2 Å². The molecule has 0 radical (unpaired) electrons. The molecule has 28 heavy (non-hydrogen) atoms. The van der Waals surface area contributed by atoms with Crippen molar-refractivity contribution >= 4 is 18.3 Å². The Balaban J connectivity index is 0.00000225. The van der Waals surface area contributed by atoms with Gasteiger partial charge in [-0.2, -0.15) is 0 Å². The van der Waals surface area contributed by atoms with E-state index in [9.17, 15) is 4.79 Å². The number of piperidine rings is 1. The first-order valence-electron chi connectivity index (χ1n) is 10.2. The van der Waals surface area contributed by atoms with Crippen molar-refractivity contribution in [3.8, 4) is 11.3 Å². The predicted octanol–water partition coefficient (Wildman–Crippen LogP) is 4.08. The number of aryl methyl sites for hydroxylation is 1. The van der Waals surface area contributed by atoms with Gasteiger partial charge in [-0.05, 0) is 38.0 Å². The van der Waals surface area contributed by atoms with Gasteiger partial charge in [-0.15, -0.1) is 12.4 Å². The second-order valence-corrected chi connectivity index (χ2v) is 8.14. The van der Waals surface area contributed by atoms with Crippen LogP contribution in [0.2, 0.25) is 0 Å². The number of rotatable bonds is 7. The fourth-order valence-corrected chi connectivity index (χ4v) is 4.54. The number of carbonyl (C=O) groups is 1. The molecule has 2 saturated heterocycles. The third-order valence-corrected chi connectivity index (χ3v) is 6.00. The molecule has 5 nitrogen and oxygen atoms in total. The van der Waals surface area contributed by atoms with Gasteiger partial charge in [-0.25, -0.2) is 0 Å². The van der Waals surface area contributed by atoms with E-state index in [1.165, 1.54) is 12.8 Å². The lowest BCUT2D eigenvalue weighted by atomic mass is 9.89. The average molecular weight is 404 g/mol. The molecule has 1 aromatic heterocycles. The van der Waals surface area contributed by atoms with E-state index in [4.69, 9.17) is 4.52 Å². The summed E-state index contributed by atoms with van der Waals surface area (Å²) < 4.78 is 5.45. The normalized spacial score (nSPS) is 23.2. The van der Waals surface area contributed by atoms with Gasteiger partial charge in [0.2, 0.25) is 5.91 Å². The van der Waals surface area contributed by atoms with E-state index in [1.54, 1.807) is 0 Å². The average Bonchev–Trinajstić information content (AvgIpc) is 3.28. The summed E-state index contributed by atoms with van der Waals surface area (Å²) in [5.74, 6) is 1.72. The van der Waals surface area contributed by atoms with Crippen LogP contribution >= 0.6 is 12.4 Å². The monoisotopic (exact) mass is 403 g/mol. The first-order chi connectivity index (χ1) is 13.2. The number of amides is 1. The van der Waals surface area contributed by atoms with Crippen LogP contribution in [0.25, 0.3) is 11.3 Å². The summed E-state index contributed by atoms with van der Waals surface area (Å²) >= 11 is 0. The SMILES string of the molecule is CN(CCCc1cc(-c2ccccc2)no1)C(=O)CC1CC2CCC(C1)N2.Cl. The van der Waals surface area contributed by atoms with Crippen molar-refractivity contribution in [1.82, 2.24) is 15.4 Å². The summed E-state index contributed by atoms with van der Waals surface area (Å²) in [4.78, 5) is 14.4. The lowest BCUT2D eigenvalue weighted by molar-refractivity contribution is -0.131. The van der Waals surface area contributed by atoms with Crippen molar-refractivity contribution in [3.05, 3.63) is 42.2 Å². The third kappa shape index (κ3) is 5.15. The highest BCUT2D eigenvalue weighted by Crippen LogP contribution is 2.32. The second kappa shape index (κ2) is 9.57. The standard InChI is InChI=1S/C22H29N3O2.ClH/c1-25(22(26)14-16-12-18-9-10-19(13-16)23-18)11-5-8-20-15-21(24-27-20)17-6-3-2-4-7-17;/h2-4,6-7,15-16,18-19,23H,5,8-14H2,1H3;1H. The molecule has 152 valence electrons. The van der Waals surface area contributed by atoms with Gasteiger partial charge in [0.15, 0.2) is 0 Å². The van der Waals surface area contributed by atoms with Crippen LogP contribution in [0.3, 0.4) is 0 Å². The quantitative estimate of drug-likeness (QED) is 0.756. The van der Waals surface area contributed by atoms with Gasteiger partial charge in [0.25, 0.3) is 0 Å². The molecule has 3 heterocycles. The Morgan fingerprint density at radius 3 is 2.64 bits per heavy atom. The maximum atomic E-state index is 12.5. The highest BCUT2D eigenvalue weighted by atomic mass is 35.5. The van der Waals surface area contributed by atoms with Crippen LogP contribution < -0.4 is 5.32 Å². The van der Waals surface area contributed by atoms with Crippen LogP contribution in [-0.4, -0.2) is 41.6 Å². The molecule has 1 aromatic carbocycles. The molecule has 2 unspecified atom stereocenters. The van der Waals surface area contributed by atoms with E-state index in [-0.39, 0.29) is 18.3 Å². The molecule has 2 aromatic rings. The summed E-state index contributed by atoms with van der Waals surface area (Å²) in [5, 5.41) is 7.80. The molecule has 2 aliphatic rings. The first-order valence-corrected chi connectivity index (χ1v) is 10.2. The van der Waals surface area contributed by atoms with E-state index in [2.05, 4.69) is 10.5 Å². The number of carbonyl (C=O) groups excluding carboxylic acids is 1. The van der Waals surface area contributed by atoms with E-state index >= 15 is 0 Å². The molecule has 0 saturated carbocycles. The van der Waals surface area contributed by atoms with E-state index in [0.29, 0.717) is 24.4 Å². The van der Waals surface area contributed by atoms with Crippen molar-refractivity contribution in [3.63, 3.8) is 0 Å². The Kier molecular flexibility index (Phi) is 7.13. The van der Waals surface area contributed by atoms with Crippen LogP contribution in [0.5, 0.6) is 0 Å². The van der Waals surface area contributed by atoms with Crippen LogP contribution in [0.1, 0.15) is 44.3 Å². The molecule has 2 aliphatic heterocycles. The van der Waals surface area contributed by atoms with Crippen LogP contribution in [0.4, 0.5) is 0 Å². The topological polar surface area (TPSA) is 58.4 Å². The minimum Gasteiger partial charge on any atom is -0.361 e. The number of benzene rings is 1. The molecule has 0 aliphatic carbocycles. The Labute approximate surface area is 173 Å². The molecule has 2 fully saturated rings. The van der Waals surface area contributed by atoms with E-state index < -0.39 is 0 Å². The number of aromatic nitrogens is 1. The first kappa shape index (κ1) is 20.9. The smallest absolute Gasteiger partial charge is 0.222 e. The van der Waals surface area contributed by atoms with Crippen molar-refractivity contribution < 1.29 is 9.32 Å². The number of hydrogen-bond acceptors (Lipinski definition) is 4. The minimum absolute atomic E-state index is 0. The molecular formula is C22H30ClN3O2. The zero-order valence-electron chi connectivity index (χ0n) is 16.5. The predicted molar refractivity (Wildman–Crippen MR) is 112 cm³/mol. The summed E-state index contributed by atoms with van der Waals surface area (Å²) in [6.07, 6.45) is 7.29. The molecule has 4 rings (SSSR count). The van der Waals surface area contributed by atoms with E-state index in [1.807, 2.05) is 48.3 Å². The second-order valence-electron chi connectivity index (χ2n) is 8.14. The van der Waals surface area contributed by atoms with Gasteiger partial charge in [-0.3, -0.25) is 4.79 Å². The molecular weight excluding hydrogens is 374 g/mol. The lowest BCUT2D eigenvalue weighted by Gasteiger charge is -2.30. The van der Waals surface area contributed by atoms with Crippen molar-refractivity contribution in [2.24, 2.45) is 5.92 Å². The van der Waals surface area contributed by atoms with Crippen LogP contribution in [0, 0.1) is 5.92 Å². The molecule has 2 bridgehead atoms. The Hall–Kier alpha value is -1.85. The van der Waals surface area contributed by atoms with Gasteiger partial charge in [0.05, 0.1) is 0 Å². The van der Waals surface area contributed by atoms with Crippen molar-refractivity contribution in [2.45, 2.75) is 57.0 Å². The zero-order valence-corrected chi connectivity index (χ0v) is 17.3. The van der Waals surface area contributed by atoms with Gasteiger partial charge in [0, 0.05) is 50.1 Å². The van der Waals surface area contributed by atoms with E-state index in [0.717, 1.165) is 49.2 Å². The van der Waals surface area contributed by atoms with Gasteiger partial charge >= 0.3 is 0 Å². The fourth-order valence-electron chi connectivity index (χ4n) is 4.54. The fraction of sp³-hybridized carbons (Fsp3) is 0.545. The Morgan fingerprint density at radius 1 is 1.21 bits per heavy atom. The van der Waals surface area contributed by atoms with Crippen molar-refractivity contribution in [2.75, 3.05) is 13.6 Å². The number of nitrogens with one attached hydrogen (secondary N) is 1. The maximum Gasteiger partial charge on any atom is 0.222 e. The zero-order chi connectivity index (χ0) is 18.6. The number of nitrogens with zero attached hydrogens (tertiary/aromatic N) is 2. The molecule has 2 atom stereocenters. The van der Waals surface area contributed by atoms with Gasteiger partial charge in [-0.1, -0.05) is 35.5 Å². The molecule has 1 N–H and O–H groups in total. The third-order valence-electron chi connectivity index (χ3n) is 6.00. The summed E-state index contributed by atoms with van der Waals surface area (Å²) in [6.45, 7) is 0.762. The number of hydrogen-bond donors (Lipinski definition) is 1. The lowest BCUT2D eigenvalue weighted by Crippen LogP contribution is -2.40. The number of halogens is 1. The minimum atomic E-state index is 0. The van der Waals surface area contributed by atoms with Crippen LogP contribution in [0.15, 0.2) is 40.9 Å². The van der Waals surface area contributed by atoms with Gasteiger partial charge < -0.3 is 14.7 Å². The summed E-state index contributed by atoms with van der Waals surface area (Å²) in [7, 11) is 1.92. The maximum absolute atomic E-state index is 12.5.